The van der Waals surface area contributed by atoms with Crippen molar-refractivity contribution in [3.63, 3.8) is 0 Å². The third-order valence-corrected chi connectivity index (χ3v) is 6.25. The molecule has 2 saturated heterocycles. The van der Waals surface area contributed by atoms with Crippen molar-refractivity contribution in [2.75, 3.05) is 44.6 Å². The number of rotatable bonds is 6. The van der Waals surface area contributed by atoms with Gasteiger partial charge in [-0.25, -0.2) is 4.68 Å². The predicted molar refractivity (Wildman–Crippen MR) is 116 cm³/mol. The standard InChI is InChI=1S/C23H29N5O3/c29-22(16-26-10-12-27(13-11-26)23(30)20-7-4-14-31-20)24-21-15-19(17-8-9-17)25-28(21)18-5-2-1-3-6-18/h1-3,5-6,15,17,20H,4,7-14,16H2,(H,24,29)/t20-/m0/s1. The Bertz CT molecular complexity index is 926. The molecule has 8 nitrogen and oxygen atoms in total. The molecule has 3 heterocycles. The number of carbonyl (C=O) groups is 2. The molecule has 3 fully saturated rings. The van der Waals surface area contributed by atoms with Crippen LogP contribution in [0.4, 0.5) is 5.82 Å². The topological polar surface area (TPSA) is 79.7 Å². The van der Waals surface area contributed by atoms with E-state index < -0.39 is 0 Å². The molecule has 1 saturated carbocycles. The number of hydrogen-bond donors (Lipinski definition) is 1. The highest BCUT2D eigenvalue weighted by molar-refractivity contribution is 5.92. The molecule has 0 spiro atoms. The number of amides is 2. The molecule has 2 amide bonds. The number of piperazine rings is 1. The highest BCUT2D eigenvalue weighted by Crippen LogP contribution is 2.40. The van der Waals surface area contributed by atoms with Crippen LogP contribution in [0.25, 0.3) is 5.69 Å². The van der Waals surface area contributed by atoms with Gasteiger partial charge in [-0.2, -0.15) is 5.10 Å². The lowest BCUT2D eigenvalue weighted by atomic mass is 10.2. The number of para-hydroxylation sites is 1. The lowest BCUT2D eigenvalue weighted by Crippen LogP contribution is -2.52. The van der Waals surface area contributed by atoms with Crippen LogP contribution in [0.3, 0.4) is 0 Å². The smallest absolute Gasteiger partial charge is 0.251 e. The summed E-state index contributed by atoms with van der Waals surface area (Å²) in [6.45, 7) is 3.65. The molecule has 8 heteroatoms. The fraction of sp³-hybridized carbons (Fsp3) is 0.522. The van der Waals surface area contributed by atoms with Crippen LogP contribution >= 0.6 is 0 Å². The van der Waals surface area contributed by atoms with Gasteiger partial charge >= 0.3 is 0 Å². The molecular weight excluding hydrogens is 394 g/mol. The van der Waals surface area contributed by atoms with Crippen molar-refractivity contribution in [1.29, 1.82) is 0 Å². The molecule has 1 atom stereocenters. The zero-order valence-corrected chi connectivity index (χ0v) is 17.7. The summed E-state index contributed by atoms with van der Waals surface area (Å²) in [5.41, 5.74) is 1.98. The fourth-order valence-corrected chi connectivity index (χ4v) is 4.32. The predicted octanol–water partition coefficient (Wildman–Crippen LogP) is 2.01. The van der Waals surface area contributed by atoms with E-state index >= 15 is 0 Å². The molecule has 31 heavy (non-hydrogen) atoms. The van der Waals surface area contributed by atoms with E-state index in [-0.39, 0.29) is 17.9 Å². The van der Waals surface area contributed by atoms with Gasteiger partial charge in [-0.05, 0) is 37.8 Å². The van der Waals surface area contributed by atoms with Crippen LogP contribution in [0.2, 0.25) is 0 Å². The second-order valence-electron chi connectivity index (χ2n) is 8.63. The Balaban J connectivity index is 1.18. The molecule has 1 N–H and O–H groups in total. The molecule has 0 radical (unpaired) electrons. The van der Waals surface area contributed by atoms with Crippen LogP contribution in [0, 0.1) is 0 Å². The molecule has 0 unspecified atom stereocenters. The van der Waals surface area contributed by atoms with Gasteiger partial charge in [0.05, 0.1) is 17.9 Å². The maximum absolute atomic E-state index is 12.8. The maximum Gasteiger partial charge on any atom is 0.251 e. The third kappa shape index (κ3) is 4.65. The normalized spacial score (nSPS) is 21.9. The third-order valence-electron chi connectivity index (χ3n) is 6.25. The van der Waals surface area contributed by atoms with Crippen molar-refractivity contribution in [3.8, 4) is 5.69 Å². The van der Waals surface area contributed by atoms with Gasteiger partial charge in [0.15, 0.2) is 0 Å². The SMILES string of the molecule is O=C(CN1CCN(C(=O)[C@@H]2CCCO2)CC1)Nc1cc(C2CC2)nn1-c1ccccc1. The zero-order chi connectivity index (χ0) is 21.2. The number of nitrogens with one attached hydrogen (secondary N) is 1. The van der Waals surface area contributed by atoms with E-state index in [1.54, 1.807) is 0 Å². The largest absolute Gasteiger partial charge is 0.368 e. The van der Waals surface area contributed by atoms with E-state index in [1.807, 2.05) is 46.0 Å². The van der Waals surface area contributed by atoms with Gasteiger partial charge in [0.25, 0.3) is 5.91 Å². The van der Waals surface area contributed by atoms with Crippen LogP contribution < -0.4 is 5.32 Å². The zero-order valence-electron chi connectivity index (χ0n) is 17.7. The number of aromatic nitrogens is 2. The molecule has 2 aromatic rings. The van der Waals surface area contributed by atoms with Gasteiger partial charge in [-0.3, -0.25) is 14.5 Å². The molecule has 1 aliphatic carbocycles. The van der Waals surface area contributed by atoms with Gasteiger partial charge in [-0.1, -0.05) is 18.2 Å². The second-order valence-corrected chi connectivity index (χ2v) is 8.63. The summed E-state index contributed by atoms with van der Waals surface area (Å²) < 4.78 is 7.34. The molecule has 1 aromatic heterocycles. The van der Waals surface area contributed by atoms with Crippen molar-refractivity contribution in [1.82, 2.24) is 19.6 Å². The number of anilines is 1. The Morgan fingerprint density at radius 2 is 1.84 bits per heavy atom. The van der Waals surface area contributed by atoms with Crippen molar-refractivity contribution in [3.05, 3.63) is 42.1 Å². The Morgan fingerprint density at radius 3 is 2.52 bits per heavy atom. The fourth-order valence-electron chi connectivity index (χ4n) is 4.32. The van der Waals surface area contributed by atoms with Crippen molar-refractivity contribution >= 4 is 17.6 Å². The van der Waals surface area contributed by atoms with Crippen LogP contribution in [0.5, 0.6) is 0 Å². The Kier molecular flexibility index (Phi) is 5.74. The van der Waals surface area contributed by atoms with Crippen molar-refractivity contribution in [2.24, 2.45) is 0 Å². The van der Waals surface area contributed by atoms with Crippen LogP contribution in [0.1, 0.15) is 37.3 Å². The second kappa shape index (κ2) is 8.80. The lowest BCUT2D eigenvalue weighted by Gasteiger charge is -2.35. The van der Waals surface area contributed by atoms with Crippen LogP contribution in [-0.4, -0.2) is 76.8 Å². The Labute approximate surface area is 182 Å². The minimum Gasteiger partial charge on any atom is -0.368 e. The van der Waals surface area contributed by atoms with Gasteiger partial charge in [-0.15, -0.1) is 0 Å². The van der Waals surface area contributed by atoms with Crippen LogP contribution in [0.15, 0.2) is 36.4 Å². The number of hydrogen-bond acceptors (Lipinski definition) is 5. The van der Waals surface area contributed by atoms with E-state index in [1.165, 1.54) is 0 Å². The summed E-state index contributed by atoms with van der Waals surface area (Å²) in [6.07, 6.45) is 3.83. The molecule has 0 bridgehead atoms. The summed E-state index contributed by atoms with van der Waals surface area (Å²) in [5.74, 6) is 1.26. The van der Waals surface area contributed by atoms with Gasteiger partial charge in [0.1, 0.15) is 11.9 Å². The number of nitrogens with zero attached hydrogens (tertiary/aromatic N) is 4. The number of carbonyl (C=O) groups excluding carboxylic acids is 2. The molecule has 2 aliphatic heterocycles. The first-order valence-electron chi connectivity index (χ1n) is 11.3. The quantitative estimate of drug-likeness (QED) is 0.769. The maximum atomic E-state index is 12.8. The van der Waals surface area contributed by atoms with E-state index in [0.29, 0.717) is 51.1 Å². The summed E-state index contributed by atoms with van der Waals surface area (Å²) in [5, 5.41) is 7.80. The summed E-state index contributed by atoms with van der Waals surface area (Å²) in [6, 6.07) is 11.9. The average Bonchev–Trinajstić information content (AvgIpc) is 3.33. The monoisotopic (exact) mass is 423 g/mol. The summed E-state index contributed by atoms with van der Waals surface area (Å²) in [7, 11) is 0. The molecular formula is C23H29N5O3. The molecule has 5 rings (SSSR count). The lowest BCUT2D eigenvalue weighted by molar-refractivity contribution is -0.142. The van der Waals surface area contributed by atoms with Gasteiger partial charge < -0.3 is 15.0 Å². The summed E-state index contributed by atoms with van der Waals surface area (Å²) in [4.78, 5) is 29.3. The number of ether oxygens (including phenoxy) is 1. The highest BCUT2D eigenvalue weighted by atomic mass is 16.5. The Hall–Kier alpha value is -2.71. The minimum absolute atomic E-state index is 0.0571. The van der Waals surface area contributed by atoms with E-state index in [2.05, 4.69) is 10.2 Å². The highest BCUT2D eigenvalue weighted by Gasteiger charge is 2.31. The van der Waals surface area contributed by atoms with E-state index in [4.69, 9.17) is 9.84 Å². The van der Waals surface area contributed by atoms with Gasteiger partial charge in [0.2, 0.25) is 5.91 Å². The Morgan fingerprint density at radius 1 is 1.06 bits per heavy atom. The minimum atomic E-state index is -0.270. The van der Waals surface area contributed by atoms with Gasteiger partial charge in [0, 0.05) is 44.8 Å². The molecule has 3 aliphatic rings. The first-order chi connectivity index (χ1) is 15.2. The van der Waals surface area contributed by atoms with E-state index in [0.717, 1.165) is 37.1 Å². The first-order valence-corrected chi connectivity index (χ1v) is 11.3. The molecule has 1 aromatic carbocycles. The molecule has 164 valence electrons. The summed E-state index contributed by atoms with van der Waals surface area (Å²) >= 11 is 0. The van der Waals surface area contributed by atoms with Crippen LogP contribution in [-0.2, 0) is 14.3 Å². The van der Waals surface area contributed by atoms with Crippen molar-refractivity contribution in [2.45, 2.75) is 37.7 Å². The van der Waals surface area contributed by atoms with E-state index in [9.17, 15) is 9.59 Å². The average molecular weight is 424 g/mol. The number of benzene rings is 1. The van der Waals surface area contributed by atoms with Crippen molar-refractivity contribution < 1.29 is 14.3 Å². The first kappa shape index (κ1) is 20.2.